The van der Waals surface area contributed by atoms with Gasteiger partial charge in [0.05, 0.1) is 0 Å². The van der Waals surface area contributed by atoms with Gasteiger partial charge in [0.15, 0.2) is 6.29 Å². The van der Waals surface area contributed by atoms with Gasteiger partial charge in [-0.15, -0.1) is 11.6 Å². The van der Waals surface area contributed by atoms with Crippen molar-refractivity contribution >= 4 is 17.9 Å². The van der Waals surface area contributed by atoms with Gasteiger partial charge >= 0.3 is 0 Å². The smallest absolute Gasteiger partial charge is 0.156 e. The van der Waals surface area contributed by atoms with E-state index >= 15 is 0 Å². The van der Waals surface area contributed by atoms with Crippen molar-refractivity contribution in [2.24, 2.45) is 5.92 Å². The molecule has 0 amide bonds. The second kappa shape index (κ2) is 9.44. The van der Waals surface area contributed by atoms with Crippen LogP contribution < -0.4 is 0 Å². The zero-order valence-corrected chi connectivity index (χ0v) is 9.63. The minimum absolute atomic E-state index is 0.0848. The summed E-state index contributed by atoms with van der Waals surface area (Å²) in [6.07, 6.45) is 4.08. The van der Waals surface area contributed by atoms with E-state index in [-0.39, 0.29) is 12.2 Å². The van der Waals surface area contributed by atoms with E-state index < -0.39 is 0 Å². The number of carbonyl (C=O) groups excluding carboxylic acids is 1. The van der Waals surface area contributed by atoms with Crippen LogP contribution in [0.4, 0.5) is 0 Å². The summed E-state index contributed by atoms with van der Waals surface area (Å²) in [6, 6.07) is 0. The SMILES string of the molecule is COC(CCC(C=O)CCCCl)OC. The minimum Gasteiger partial charge on any atom is -0.356 e. The predicted octanol–water partition coefficient (Wildman–Crippen LogP) is 2.22. The van der Waals surface area contributed by atoms with Crippen LogP contribution in [-0.4, -0.2) is 32.7 Å². The Balaban J connectivity index is 3.64. The maximum absolute atomic E-state index is 10.7. The van der Waals surface area contributed by atoms with Crippen molar-refractivity contribution in [1.82, 2.24) is 0 Å². The Kier molecular flexibility index (Phi) is 9.35. The second-order valence-electron chi connectivity index (χ2n) is 3.21. The zero-order chi connectivity index (χ0) is 10.8. The Morgan fingerprint density at radius 1 is 1.21 bits per heavy atom. The minimum atomic E-state index is -0.201. The number of carbonyl (C=O) groups is 1. The third-order valence-corrected chi connectivity index (χ3v) is 2.47. The molecule has 0 spiro atoms. The summed E-state index contributed by atoms with van der Waals surface area (Å²) in [5, 5.41) is 0. The molecule has 0 radical (unpaired) electrons. The second-order valence-corrected chi connectivity index (χ2v) is 3.58. The van der Waals surface area contributed by atoms with Crippen LogP contribution in [0, 0.1) is 5.92 Å². The molecule has 0 rings (SSSR count). The number of halogens is 1. The summed E-state index contributed by atoms with van der Waals surface area (Å²) < 4.78 is 10.1. The van der Waals surface area contributed by atoms with E-state index in [1.54, 1.807) is 14.2 Å². The van der Waals surface area contributed by atoms with Crippen LogP contribution in [-0.2, 0) is 14.3 Å². The van der Waals surface area contributed by atoms with Gasteiger partial charge < -0.3 is 14.3 Å². The third-order valence-electron chi connectivity index (χ3n) is 2.20. The lowest BCUT2D eigenvalue weighted by Crippen LogP contribution is -2.15. The number of alkyl halides is 1. The highest BCUT2D eigenvalue weighted by Crippen LogP contribution is 2.14. The van der Waals surface area contributed by atoms with Gasteiger partial charge in [-0.25, -0.2) is 0 Å². The van der Waals surface area contributed by atoms with Gasteiger partial charge in [-0.05, 0) is 25.7 Å². The molecule has 0 aromatic carbocycles. The van der Waals surface area contributed by atoms with Crippen LogP contribution in [0.25, 0.3) is 0 Å². The zero-order valence-electron chi connectivity index (χ0n) is 8.87. The third kappa shape index (κ3) is 6.35. The molecule has 0 bridgehead atoms. The Morgan fingerprint density at radius 2 is 1.86 bits per heavy atom. The first-order valence-electron chi connectivity index (χ1n) is 4.85. The van der Waals surface area contributed by atoms with Gasteiger partial charge in [-0.3, -0.25) is 0 Å². The quantitative estimate of drug-likeness (QED) is 0.341. The van der Waals surface area contributed by atoms with Crippen molar-refractivity contribution in [2.75, 3.05) is 20.1 Å². The van der Waals surface area contributed by atoms with Gasteiger partial charge in [0.1, 0.15) is 6.29 Å². The lowest BCUT2D eigenvalue weighted by atomic mass is 9.99. The van der Waals surface area contributed by atoms with Gasteiger partial charge in [0, 0.05) is 26.0 Å². The fraction of sp³-hybridized carbons (Fsp3) is 0.900. The summed E-state index contributed by atoms with van der Waals surface area (Å²) >= 11 is 5.55. The van der Waals surface area contributed by atoms with E-state index in [1.807, 2.05) is 0 Å². The van der Waals surface area contributed by atoms with Crippen LogP contribution >= 0.6 is 11.6 Å². The van der Waals surface area contributed by atoms with E-state index in [0.717, 1.165) is 32.0 Å². The summed E-state index contributed by atoms with van der Waals surface area (Å²) in [7, 11) is 3.20. The Labute approximate surface area is 90.7 Å². The Bertz CT molecular complexity index is 137. The standard InChI is InChI=1S/C10H19ClO3/c1-13-10(14-2)6-5-9(8-12)4-3-7-11/h8-10H,3-7H2,1-2H3. The highest BCUT2D eigenvalue weighted by molar-refractivity contribution is 6.17. The fourth-order valence-electron chi connectivity index (χ4n) is 1.30. The molecule has 0 heterocycles. The highest BCUT2D eigenvalue weighted by Gasteiger charge is 2.11. The van der Waals surface area contributed by atoms with Crippen LogP contribution in [0.3, 0.4) is 0 Å². The fourth-order valence-corrected chi connectivity index (χ4v) is 1.46. The van der Waals surface area contributed by atoms with E-state index in [0.29, 0.717) is 5.88 Å². The first kappa shape index (κ1) is 13.9. The van der Waals surface area contributed by atoms with Crippen LogP contribution in [0.15, 0.2) is 0 Å². The molecule has 0 aromatic rings. The number of rotatable bonds is 9. The molecule has 3 nitrogen and oxygen atoms in total. The van der Waals surface area contributed by atoms with Gasteiger partial charge in [-0.2, -0.15) is 0 Å². The van der Waals surface area contributed by atoms with Crippen molar-refractivity contribution in [2.45, 2.75) is 32.0 Å². The van der Waals surface area contributed by atoms with Crippen molar-refractivity contribution in [1.29, 1.82) is 0 Å². The number of methoxy groups -OCH3 is 2. The molecule has 0 aliphatic carbocycles. The summed E-state index contributed by atoms with van der Waals surface area (Å²) in [5.41, 5.74) is 0. The first-order chi connectivity index (χ1) is 6.78. The van der Waals surface area contributed by atoms with E-state index in [4.69, 9.17) is 21.1 Å². The van der Waals surface area contributed by atoms with Gasteiger partial charge in [-0.1, -0.05) is 0 Å². The molecular formula is C10H19ClO3. The predicted molar refractivity (Wildman–Crippen MR) is 56.5 cm³/mol. The molecule has 1 atom stereocenters. The molecular weight excluding hydrogens is 204 g/mol. The maximum Gasteiger partial charge on any atom is 0.156 e. The van der Waals surface area contributed by atoms with Crippen molar-refractivity contribution in [3.05, 3.63) is 0 Å². The van der Waals surface area contributed by atoms with Crippen LogP contribution in [0.2, 0.25) is 0 Å². The molecule has 0 saturated carbocycles. The molecule has 0 aliphatic heterocycles. The summed E-state index contributed by atoms with van der Waals surface area (Å²) in [4.78, 5) is 10.7. The van der Waals surface area contributed by atoms with Crippen LogP contribution in [0.5, 0.6) is 0 Å². The van der Waals surface area contributed by atoms with E-state index in [2.05, 4.69) is 0 Å². The lowest BCUT2D eigenvalue weighted by Gasteiger charge is -2.15. The summed E-state index contributed by atoms with van der Waals surface area (Å²) in [5.74, 6) is 0.698. The van der Waals surface area contributed by atoms with Gasteiger partial charge in [0.25, 0.3) is 0 Å². The largest absolute Gasteiger partial charge is 0.356 e. The first-order valence-corrected chi connectivity index (χ1v) is 5.38. The van der Waals surface area contributed by atoms with Crippen molar-refractivity contribution < 1.29 is 14.3 Å². The number of hydrogen-bond donors (Lipinski definition) is 0. The molecule has 14 heavy (non-hydrogen) atoms. The maximum atomic E-state index is 10.7. The highest BCUT2D eigenvalue weighted by atomic mass is 35.5. The monoisotopic (exact) mass is 222 g/mol. The molecule has 4 heteroatoms. The van der Waals surface area contributed by atoms with Crippen molar-refractivity contribution in [3.8, 4) is 0 Å². The molecule has 0 fully saturated rings. The number of hydrogen-bond acceptors (Lipinski definition) is 3. The Morgan fingerprint density at radius 3 is 2.29 bits per heavy atom. The molecule has 0 aromatic heterocycles. The lowest BCUT2D eigenvalue weighted by molar-refractivity contribution is -0.117. The molecule has 84 valence electrons. The van der Waals surface area contributed by atoms with E-state index in [9.17, 15) is 4.79 Å². The van der Waals surface area contributed by atoms with Crippen molar-refractivity contribution in [3.63, 3.8) is 0 Å². The summed E-state index contributed by atoms with van der Waals surface area (Å²) in [6.45, 7) is 0. The normalized spacial score (nSPS) is 13.1. The van der Waals surface area contributed by atoms with E-state index in [1.165, 1.54) is 0 Å². The average Bonchev–Trinajstić information content (AvgIpc) is 2.23. The average molecular weight is 223 g/mol. The molecule has 0 aliphatic rings. The molecule has 1 unspecified atom stereocenters. The molecule has 0 N–H and O–H groups in total. The Hall–Kier alpha value is -0.120. The van der Waals surface area contributed by atoms with Gasteiger partial charge in [0.2, 0.25) is 0 Å². The topological polar surface area (TPSA) is 35.5 Å². The number of aldehydes is 1. The number of ether oxygens (including phenoxy) is 2. The molecule has 0 saturated heterocycles. The van der Waals surface area contributed by atoms with Crippen LogP contribution in [0.1, 0.15) is 25.7 Å².